The van der Waals surface area contributed by atoms with Crippen LogP contribution in [-0.2, 0) is 0 Å². The number of rotatable bonds is 0. The molecule has 54 valence electrons. The van der Waals surface area contributed by atoms with Gasteiger partial charge >= 0.3 is 0 Å². The molecule has 2 heteroatoms. The monoisotopic (exact) mass is 129 g/mol. The molecule has 1 rings (SSSR count). The molecule has 2 atom stereocenters. The van der Waals surface area contributed by atoms with E-state index >= 15 is 0 Å². The normalized spacial score (nSPS) is 45.0. The fourth-order valence-corrected chi connectivity index (χ4v) is 1.48. The minimum atomic E-state index is -0.461. The predicted molar refractivity (Wildman–Crippen MR) is 37.3 cm³/mol. The third-order valence-electron chi connectivity index (χ3n) is 1.79. The Hall–Kier alpha value is -0.0800. The second-order valence-electron chi connectivity index (χ2n) is 3.44. The van der Waals surface area contributed by atoms with E-state index in [0.29, 0.717) is 5.92 Å². The van der Waals surface area contributed by atoms with Crippen molar-refractivity contribution in [2.24, 2.45) is 5.92 Å². The third kappa shape index (κ3) is 1.95. The summed E-state index contributed by atoms with van der Waals surface area (Å²) < 4.78 is 0. The van der Waals surface area contributed by atoms with E-state index in [9.17, 15) is 5.11 Å². The Balaban J connectivity index is 2.41. The van der Waals surface area contributed by atoms with Gasteiger partial charge in [-0.05, 0) is 25.8 Å². The Bertz CT molecular complexity index is 101. The Kier molecular flexibility index (Phi) is 1.78. The average Bonchev–Trinajstić information content (AvgIpc) is 1.60. The molecule has 0 aromatic heterocycles. The molecule has 1 aliphatic rings. The van der Waals surface area contributed by atoms with E-state index in [2.05, 4.69) is 12.2 Å². The first-order valence-corrected chi connectivity index (χ1v) is 3.53. The summed E-state index contributed by atoms with van der Waals surface area (Å²) >= 11 is 0. The SMILES string of the molecule is C[C@H]1CNCC(C)(O)C1. The standard InChI is InChI=1S/C7H15NO/c1-6-3-7(2,9)5-8-4-6/h6,8-9H,3-5H2,1-2H3/t6-,7?/m1/s1. The fourth-order valence-electron chi connectivity index (χ4n) is 1.48. The van der Waals surface area contributed by atoms with Crippen molar-refractivity contribution in [3.8, 4) is 0 Å². The number of hydrogen-bond donors (Lipinski definition) is 2. The van der Waals surface area contributed by atoms with Gasteiger partial charge in [0.1, 0.15) is 0 Å². The Morgan fingerprint density at radius 3 is 2.67 bits per heavy atom. The van der Waals surface area contributed by atoms with Crippen molar-refractivity contribution in [2.75, 3.05) is 13.1 Å². The van der Waals surface area contributed by atoms with Crippen LogP contribution in [0.25, 0.3) is 0 Å². The molecule has 0 radical (unpaired) electrons. The molecule has 0 aromatic rings. The largest absolute Gasteiger partial charge is 0.389 e. The van der Waals surface area contributed by atoms with Crippen LogP contribution in [0.3, 0.4) is 0 Å². The molecule has 1 aliphatic heterocycles. The van der Waals surface area contributed by atoms with Crippen LogP contribution in [0, 0.1) is 5.92 Å². The highest BCUT2D eigenvalue weighted by Crippen LogP contribution is 2.18. The van der Waals surface area contributed by atoms with Crippen molar-refractivity contribution in [2.45, 2.75) is 25.9 Å². The van der Waals surface area contributed by atoms with Crippen molar-refractivity contribution in [1.29, 1.82) is 0 Å². The predicted octanol–water partition coefficient (Wildman–Crippen LogP) is 0.367. The van der Waals surface area contributed by atoms with Gasteiger partial charge in [0, 0.05) is 6.54 Å². The van der Waals surface area contributed by atoms with Gasteiger partial charge in [-0.2, -0.15) is 0 Å². The molecular formula is C7H15NO. The molecular weight excluding hydrogens is 114 g/mol. The van der Waals surface area contributed by atoms with Gasteiger partial charge in [0.25, 0.3) is 0 Å². The summed E-state index contributed by atoms with van der Waals surface area (Å²) in [6.07, 6.45) is 0.931. The quantitative estimate of drug-likeness (QED) is 0.495. The second-order valence-corrected chi connectivity index (χ2v) is 3.44. The number of aliphatic hydroxyl groups is 1. The second kappa shape index (κ2) is 2.27. The maximum absolute atomic E-state index is 9.48. The Morgan fingerprint density at radius 1 is 1.67 bits per heavy atom. The van der Waals surface area contributed by atoms with Crippen LogP contribution in [0.1, 0.15) is 20.3 Å². The van der Waals surface area contributed by atoms with Crippen LogP contribution in [0.5, 0.6) is 0 Å². The zero-order chi connectivity index (χ0) is 6.91. The number of β-amino-alcohol motifs (C(OH)–C–C–N with tert-alkyl or cyclic N) is 1. The first-order chi connectivity index (χ1) is 4.10. The Labute approximate surface area is 56.3 Å². The van der Waals surface area contributed by atoms with Gasteiger partial charge < -0.3 is 10.4 Å². The van der Waals surface area contributed by atoms with Crippen LogP contribution >= 0.6 is 0 Å². The lowest BCUT2D eigenvalue weighted by atomic mass is 9.89. The smallest absolute Gasteiger partial charge is 0.0746 e. The molecule has 1 heterocycles. The molecule has 0 saturated carbocycles. The molecule has 2 nitrogen and oxygen atoms in total. The zero-order valence-electron chi connectivity index (χ0n) is 6.15. The summed E-state index contributed by atoms with van der Waals surface area (Å²) in [7, 11) is 0. The van der Waals surface area contributed by atoms with Crippen molar-refractivity contribution >= 4 is 0 Å². The lowest BCUT2D eigenvalue weighted by molar-refractivity contribution is 0.0176. The first kappa shape index (κ1) is 7.03. The summed E-state index contributed by atoms with van der Waals surface area (Å²) in [4.78, 5) is 0. The molecule has 1 fully saturated rings. The summed E-state index contributed by atoms with van der Waals surface area (Å²) in [5.41, 5.74) is -0.461. The van der Waals surface area contributed by atoms with Crippen LogP contribution < -0.4 is 5.32 Å². The molecule has 0 bridgehead atoms. The van der Waals surface area contributed by atoms with Crippen molar-refractivity contribution < 1.29 is 5.11 Å². The van der Waals surface area contributed by atoms with Crippen LogP contribution in [0.15, 0.2) is 0 Å². The molecule has 0 aliphatic carbocycles. The van der Waals surface area contributed by atoms with E-state index in [4.69, 9.17) is 0 Å². The van der Waals surface area contributed by atoms with Crippen LogP contribution in [0.4, 0.5) is 0 Å². The van der Waals surface area contributed by atoms with Gasteiger partial charge in [-0.15, -0.1) is 0 Å². The lowest BCUT2D eigenvalue weighted by Crippen LogP contribution is -2.46. The fraction of sp³-hybridized carbons (Fsp3) is 1.00. The van der Waals surface area contributed by atoms with Crippen LogP contribution in [0.2, 0.25) is 0 Å². The van der Waals surface area contributed by atoms with Gasteiger partial charge in [-0.1, -0.05) is 6.92 Å². The van der Waals surface area contributed by atoms with Crippen molar-refractivity contribution in [3.05, 3.63) is 0 Å². The molecule has 0 spiro atoms. The van der Waals surface area contributed by atoms with E-state index in [1.165, 1.54) is 0 Å². The van der Waals surface area contributed by atoms with E-state index in [-0.39, 0.29) is 0 Å². The van der Waals surface area contributed by atoms with Gasteiger partial charge in [-0.3, -0.25) is 0 Å². The van der Waals surface area contributed by atoms with Crippen molar-refractivity contribution in [3.63, 3.8) is 0 Å². The topological polar surface area (TPSA) is 32.3 Å². The number of hydrogen-bond acceptors (Lipinski definition) is 2. The minimum Gasteiger partial charge on any atom is -0.389 e. The zero-order valence-corrected chi connectivity index (χ0v) is 6.15. The van der Waals surface area contributed by atoms with E-state index in [1.807, 2.05) is 6.92 Å². The Morgan fingerprint density at radius 2 is 2.33 bits per heavy atom. The van der Waals surface area contributed by atoms with Gasteiger partial charge in [-0.25, -0.2) is 0 Å². The highest BCUT2D eigenvalue weighted by molar-refractivity contribution is 4.83. The minimum absolute atomic E-state index is 0.461. The third-order valence-corrected chi connectivity index (χ3v) is 1.79. The molecule has 1 unspecified atom stereocenters. The highest BCUT2D eigenvalue weighted by Gasteiger charge is 2.26. The summed E-state index contributed by atoms with van der Waals surface area (Å²) in [5, 5.41) is 12.7. The highest BCUT2D eigenvalue weighted by atomic mass is 16.3. The average molecular weight is 129 g/mol. The van der Waals surface area contributed by atoms with Gasteiger partial charge in [0.05, 0.1) is 5.60 Å². The first-order valence-electron chi connectivity index (χ1n) is 3.53. The maximum Gasteiger partial charge on any atom is 0.0746 e. The summed E-state index contributed by atoms with van der Waals surface area (Å²) in [6, 6.07) is 0. The summed E-state index contributed by atoms with van der Waals surface area (Å²) in [5.74, 6) is 0.619. The maximum atomic E-state index is 9.48. The van der Waals surface area contributed by atoms with E-state index < -0.39 is 5.60 Å². The van der Waals surface area contributed by atoms with E-state index in [0.717, 1.165) is 19.5 Å². The number of nitrogens with one attached hydrogen (secondary N) is 1. The van der Waals surface area contributed by atoms with E-state index in [1.54, 1.807) is 0 Å². The molecule has 1 saturated heterocycles. The van der Waals surface area contributed by atoms with Crippen molar-refractivity contribution in [1.82, 2.24) is 5.32 Å². The van der Waals surface area contributed by atoms with Gasteiger partial charge in [0.15, 0.2) is 0 Å². The van der Waals surface area contributed by atoms with Crippen LogP contribution in [-0.4, -0.2) is 23.8 Å². The lowest BCUT2D eigenvalue weighted by Gasteiger charge is -2.32. The van der Waals surface area contributed by atoms with Gasteiger partial charge in [0.2, 0.25) is 0 Å². The molecule has 2 N–H and O–H groups in total. The molecule has 0 amide bonds. The number of piperidine rings is 1. The summed E-state index contributed by atoms with van der Waals surface area (Å²) in [6.45, 7) is 5.84. The molecule has 9 heavy (non-hydrogen) atoms. The molecule has 0 aromatic carbocycles.